The van der Waals surface area contributed by atoms with Crippen LogP contribution in [0.25, 0.3) is 6.08 Å². The number of benzene rings is 2. The summed E-state index contributed by atoms with van der Waals surface area (Å²) in [7, 11) is -15.3. The van der Waals surface area contributed by atoms with E-state index in [1.54, 1.807) is 0 Å². The van der Waals surface area contributed by atoms with Crippen molar-refractivity contribution in [1.82, 2.24) is 0 Å². The molecular weight excluding hydrogens is 862 g/mol. The molecule has 0 atom stereocenters. The second kappa shape index (κ2) is 18.1. The van der Waals surface area contributed by atoms with Gasteiger partial charge in [0.15, 0.2) is 5.71 Å². The van der Waals surface area contributed by atoms with Gasteiger partial charge < -0.3 is 16.0 Å². The first kappa shape index (κ1) is 48.0. The number of hydrogen-bond donors (Lipinski definition) is 6. The molecule has 0 aromatic heterocycles. The molecule has 1 heterocycles. The molecule has 3 aliphatic rings. The molecule has 0 bridgehead atoms. The second-order valence-corrected chi connectivity index (χ2v) is 14.4. The molecule has 0 spiro atoms. The Hall–Kier alpha value is -1.02. The molecule has 0 unspecified atom stereocenters. The fourth-order valence-electron chi connectivity index (χ4n) is 4.24. The van der Waals surface area contributed by atoms with Gasteiger partial charge in [-0.25, -0.2) is 0 Å². The van der Waals surface area contributed by atoms with Gasteiger partial charge >= 0.3 is 88.7 Å². The molecule has 17 nitrogen and oxygen atoms in total. The zero-order chi connectivity index (χ0) is 34.6. The monoisotopic (exact) mass is 875 g/mol. The first-order valence-corrected chi connectivity index (χ1v) is 17.3. The summed E-state index contributed by atoms with van der Waals surface area (Å²) >= 11 is 11.9. The first-order valence-electron chi connectivity index (χ1n) is 12.3. The van der Waals surface area contributed by atoms with Gasteiger partial charge in [-0.2, -0.15) is 25.3 Å². The topological polar surface area (TPSA) is 275 Å². The molecule has 0 saturated carbocycles. The van der Waals surface area contributed by atoms with Crippen LogP contribution >= 0.6 is 23.2 Å². The van der Waals surface area contributed by atoms with Crippen molar-refractivity contribution < 1.29 is 159 Å². The van der Waals surface area contributed by atoms with Crippen LogP contribution in [0.3, 0.4) is 0 Å². The second-order valence-electron chi connectivity index (χ2n) is 9.47. The fourth-order valence-corrected chi connectivity index (χ4v) is 6.36. The average molecular weight is 877 g/mol. The van der Waals surface area contributed by atoms with E-state index in [0.717, 1.165) is 12.1 Å². The first-order chi connectivity index (χ1) is 21.7. The normalized spacial score (nSPS) is 16.8. The van der Waals surface area contributed by atoms with Gasteiger partial charge in [0.05, 0.1) is 22.0 Å². The smallest absolute Gasteiger partial charge is 0.342 e. The van der Waals surface area contributed by atoms with Gasteiger partial charge in [0.25, 0.3) is 36.3 Å². The minimum absolute atomic E-state index is 0. The Balaban J connectivity index is 0.00000325. The molecule has 1 radical (unpaired) electrons. The van der Waals surface area contributed by atoms with Crippen LogP contribution < -0.4 is 105 Å². The van der Waals surface area contributed by atoms with Crippen molar-refractivity contribution in [3.8, 4) is 0 Å². The van der Waals surface area contributed by atoms with Gasteiger partial charge in [-0.1, -0.05) is 23.2 Å². The third-order valence-electron chi connectivity index (χ3n) is 6.38. The van der Waals surface area contributed by atoms with Crippen molar-refractivity contribution in [3.05, 3.63) is 85.4 Å². The van der Waals surface area contributed by atoms with Crippen molar-refractivity contribution in [2.24, 2.45) is 10.2 Å². The van der Waals surface area contributed by atoms with Crippen LogP contribution in [0.1, 0.15) is 26.3 Å². The average Bonchev–Trinajstić information content (AvgIpc) is 2.96. The van der Waals surface area contributed by atoms with Crippen LogP contribution in [0.4, 0.5) is 17.1 Å². The van der Waals surface area contributed by atoms with E-state index < -0.39 is 90.8 Å². The summed E-state index contributed by atoms with van der Waals surface area (Å²) in [6, 6.07) is 5.50. The largest absolute Gasteiger partial charge is 1.00 e. The van der Waals surface area contributed by atoms with Crippen molar-refractivity contribution in [2.75, 3.05) is 16.0 Å². The van der Waals surface area contributed by atoms with Gasteiger partial charge in [-0.05, 0) is 60.2 Å². The molecule has 0 saturated heterocycles. The maximum Gasteiger partial charge on any atom is 1.00 e. The molecule has 5 rings (SSSR count). The van der Waals surface area contributed by atoms with Crippen molar-refractivity contribution in [1.29, 1.82) is 0 Å². The van der Waals surface area contributed by atoms with Crippen molar-refractivity contribution in [3.63, 3.8) is 0 Å². The SMILES string of the molecule is O=C1C=CC(S(=O)(=O)O)=CC1=NN=C1C(=O)c2cc(NC(=O)c3ccc4c(c3)NC(Cl)=C(Cl)N4)c(S(=O)(=O)O)cc2C=C1S(=O)(=O)O.[Cu].[Na+].[Na+].[Na+]. The van der Waals surface area contributed by atoms with E-state index >= 15 is 0 Å². The van der Waals surface area contributed by atoms with Crippen LogP contribution in [0, 0.1) is 0 Å². The van der Waals surface area contributed by atoms with Crippen LogP contribution in [0.5, 0.6) is 0 Å². The predicted molar refractivity (Wildman–Crippen MR) is 169 cm³/mol. The van der Waals surface area contributed by atoms with E-state index in [4.69, 9.17) is 23.2 Å². The van der Waals surface area contributed by atoms with Crippen LogP contribution in [0.15, 0.2) is 83.8 Å². The summed E-state index contributed by atoms with van der Waals surface area (Å²) in [6.45, 7) is 0. The summed E-state index contributed by atoms with van der Waals surface area (Å²) in [6.07, 6.45) is 2.63. The Morgan fingerprint density at radius 3 is 1.94 bits per heavy atom. The van der Waals surface area contributed by atoms with Gasteiger partial charge in [0.1, 0.15) is 25.8 Å². The number of carbonyl (C=O) groups is 3. The third-order valence-corrected chi connectivity index (χ3v) is 9.66. The number of Topliss-reactive ketones (excluding diaryl/α,β-unsaturated/α-hetero) is 1. The number of rotatable bonds is 6. The minimum atomic E-state index is -5.30. The summed E-state index contributed by atoms with van der Waals surface area (Å²) in [5.41, 5.74) is -2.81. The molecule has 51 heavy (non-hydrogen) atoms. The van der Waals surface area contributed by atoms with Crippen LogP contribution in [0.2, 0.25) is 0 Å². The summed E-state index contributed by atoms with van der Waals surface area (Å²) in [4.78, 5) is 35.9. The Labute approximate surface area is 376 Å². The number of halogens is 2. The van der Waals surface area contributed by atoms with E-state index in [2.05, 4.69) is 26.2 Å². The van der Waals surface area contributed by atoms with Gasteiger partial charge in [0.2, 0.25) is 11.6 Å². The predicted octanol–water partition coefficient (Wildman–Crippen LogP) is -6.23. The number of carbonyl (C=O) groups excluding carboxylic acids is 3. The zero-order valence-corrected chi connectivity index (χ0v) is 36.8. The maximum absolute atomic E-state index is 13.5. The number of nitrogens with zero attached hydrogens (tertiary/aromatic N) is 2. The molecule has 255 valence electrons. The molecule has 26 heteroatoms. The van der Waals surface area contributed by atoms with E-state index in [-0.39, 0.29) is 122 Å². The van der Waals surface area contributed by atoms with Crippen LogP contribution in [-0.4, -0.2) is 67.8 Å². The summed E-state index contributed by atoms with van der Waals surface area (Å²) < 4.78 is 101. The number of hydrogen-bond acceptors (Lipinski definition) is 13. The summed E-state index contributed by atoms with van der Waals surface area (Å²) in [5, 5.41) is 14.7. The number of anilines is 3. The molecule has 1 aliphatic heterocycles. The van der Waals surface area contributed by atoms with E-state index in [1.165, 1.54) is 18.2 Å². The van der Waals surface area contributed by atoms with Crippen molar-refractivity contribution >= 4 is 106 Å². The summed E-state index contributed by atoms with van der Waals surface area (Å²) in [5.74, 6) is -3.23. The third kappa shape index (κ3) is 10.8. The molecule has 1 amide bonds. The van der Waals surface area contributed by atoms with Crippen LogP contribution in [-0.2, 0) is 52.2 Å². The Bertz CT molecular complexity index is 2400. The minimum Gasteiger partial charge on any atom is -0.342 e. The molecule has 2 aliphatic carbocycles. The molecule has 2 aromatic carbocycles. The Kier molecular flexibility index (Phi) is 17.0. The van der Waals surface area contributed by atoms with Crippen molar-refractivity contribution in [2.45, 2.75) is 4.90 Å². The fraction of sp³-hybridized carbons (Fsp3) is 0. The number of allylic oxidation sites excluding steroid dienone is 4. The Morgan fingerprint density at radius 1 is 0.765 bits per heavy atom. The van der Waals surface area contributed by atoms with Gasteiger partial charge in [-0.15, -0.1) is 10.2 Å². The van der Waals surface area contributed by atoms with Gasteiger partial charge in [0, 0.05) is 28.2 Å². The quantitative estimate of drug-likeness (QED) is 0.0519. The number of fused-ring (bicyclic) bond motifs is 2. The standard InChI is InChI=1S/C25H15Cl2N5O12S3.Cu.3Na/c26-23-24(27)29-15-5-10(1-3-14(15)28-23)25(35)30-17-9-13-11(6-19(17)46(39,40)41)7-20(47(42,43)44)21(22(13)34)32-31-16-8-12(45(36,37)38)2-4-18(16)33;;;;/h1-9,28-29H,(H,30,35)(H,36,37,38)(H,39,40,41)(H,42,43,44);;;;/q;;3*+1. The molecule has 0 fully saturated rings. The zero-order valence-electron chi connectivity index (χ0n) is 25.9. The van der Waals surface area contributed by atoms with Gasteiger partial charge in [-0.3, -0.25) is 28.0 Å². The van der Waals surface area contributed by atoms with E-state index in [9.17, 15) is 53.3 Å². The maximum atomic E-state index is 13.5. The van der Waals surface area contributed by atoms with E-state index in [0.29, 0.717) is 35.7 Å². The molecular formula is C25H15Cl2CuN5Na3O12S3+3. The number of nitrogens with one attached hydrogen (secondary N) is 3. The number of amides is 1. The molecule has 2 aromatic rings. The Morgan fingerprint density at radius 2 is 1.37 bits per heavy atom. The van der Waals surface area contributed by atoms with E-state index in [1.807, 2.05) is 0 Å². The molecule has 6 N–H and O–H groups in total. The number of ketones is 2.